The molecule has 0 aromatic heterocycles. The molecule has 0 saturated heterocycles. The maximum absolute atomic E-state index is 13.2. The van der Waals surface area contributed by atoms with Crippen LogP contribution in [0.15, 0.2) is 24.3 Å². The van der Waals surface area contributed by atoms with Crippen molar-refractivity contribution in [3.05, 3.63) is 24.3 Å². The Balaban J connectivity index is 4.52. The van der Waals surface area contributed by atoms with Crippen LogP contribution in [0, 0.1) is 0 Å². The predicted molar refractivity (Wildman–Crippen MR) is 250 cm³/mol. The molecule has 3 atom stereocenters. The van der Waals surface area contributed by atoms with Crippen LogP contribution in [0.25, 0.3) is 0 Å². The van der Waals surface area contributed by atoms with Gasteiger partial charge in [0.05, 0.1) is 25.2 Å². The summed E-state index contributed by atoms with van der Waals surface area (Å²) in [7, 11) is 0. The van der Waals surface area contributed by atoms with Crippen LogP contribution in [-0.4, -0.2) is 46.9 Å². The second kappa shape index (κ2) is 46.4. The summed E-state index contributed by atoms with van der Waals surface area (Å²) in [6, 6.07) is -0.707. The molecule has 58 heavy (non-hydrogen) atoms. The molecule has 0 heterocycles. The van der Waals surface area contributed by atoms with Crippen molar-refractivity contribution < 1.29 is 24.5 Å². The lowest BCUT2D eigenvalue weighted by molar-refractivity contribution is -0.151. The summed E-state index contributed by atoms with van der Waals surface area (Å²) in [5.74, 6) is -0.505. The van der Waals surface area contributed by atoms with Crippen LogP contribution >= 0.6 is 0 Å². The molecule has 0 aliphatic carbocycles. The molecule has 3 N–H and O–H groups in total. The molecule has 0 rings (SSSR count). The summed E-state index contributed by atoms with van der Waals surface area (Å²) in [6.45, 7) is 6.44. The quantitative estimate of drug-likeness (QED) is 0.0323. The molecule has 1 amide bonds. The van der Waals surface area contributed by atoms with Gasteiger partial charge in [0.15, 0.2) is 0 Å². The van der Waals surface area contributed by atoms with Gasteiger partial charge in [-0.2, -0.15) is 0 Å². The first kappa shape index (κ1) is 56.3. The lowest BCUT2D eigenvalue weighted by Gasteiger charge is -2.24. The van der Waals surface area contributed by atoms with Crippen LogP contribution in [0.3, 0.4) is 0 Å². The third kappa shape index (κ3) is 41.1. The lowest BCUT2D eigenvalue weighted by atomic mass is 10.0. The number of aliphatic hydroxyl groups excluding tert-OH is 2. The van der Waals surface area contributed by atoms with E-state index < -0.39 is 18.2 Å². The molecular weight excluding hydrogens is 719 g/mol. The van der Waals surface area contributed by atoms with E-state index >= 15 is 0 Å². The van der Waals surface area contributed by atoms with Crippen molar-refractivity contribution in [2.45, 2.75) is 289 Å². The number of hydrogen-bond donors (Lipinski definition) is 3. The van der Waals surface area contributed by atoms with Crippen molar-refractivity contribution in [2.24, 2.45) is 0 Å². The van der Waals surface area contributed by atoms with Crippen LogP contribution in [0.5, 0.6) is 0 Å². The van der Waals surface area contributed by atoms with Crippen molar-refractivity contribution in [3.63, 3.8) is 0 Å². The first-order valence-electron chi connectivity index (χ1n) is 25.6. The van der Waals surface area contributed by atoms with Gasteiger partial charge in [-0.1, -0.05) is 218 Å². The number of ether oxygens (including phenoxy) is 1. The minimum absolute atomic E-state index is 0.0571. The van der Waals surface area contributed by atoms with E-state index in [0.717, 1.165) is 57.8 Å². The minimum Gasteiger partial charge on any atom is -0.462 e. The molecular formula is C52H99NO5. The Bertz CT molecular complexity index is 919. The number of carbonyl (C=O) groups excluding carboxylic acids is 2. The molecule has 3 unspecified atom stereocenters. The van der Waals surface area contributed by atoms with Crippen molar-refractivity contribution in [1.29, 1.82) is 0 Å². The third-order valence-corrected chi connectivity index (χ3v) is 11.8. The van der Waals surface area contributed by atoms with Gasteiger partial charge in [-0.05, 0) is 64.2 Å². The summed E-state index contributed by atoms with van der Waals surface area (Å²) in [6.07, 6.45) is 52.4. The maximum Gasteiger partial charge on any atom is 0.306 e. The zero-order valence-electron chi connectivity index (χ0n) is 38.9. The fourth-order valence-corrected chi connectivity index (χ4v) is 7.82. The van der Waals surface area contributed by atoms with Crippen molar-refractivity contribution >= 4 is 11.9 Å². The molecule has 342 valence electrons. The first-order chi connectivity index (χ1) is 28.5. The molecule has 0 aliphatic heterocycles. The molecule has 0 radical (unpaired) electrons. The van der Waals surface area contributed by atoms with E-state index in [1.807, 2.05) is 0 Å². The number of aliphatic hydroxyl groups is 2. The van der Waals surface area contributed by atoms with E-state index in [9.17, 15) is 19.8 Å². The average Bonchev–Trinajstić information content (AvgIpc) is 3.22. The summed E-state index contributed by atoms with van der Waals surface area (Å²) in [5.41, 5.74) is 0. The van der Waals surface area contributed by atoms with Crippen molar-refractivity contribution in [3.8, 4) is 0 Å². The van der Waals surface area contributed by atoms with Gasteiger partial charge in [-0.25, -0.2) is 0 Å². The number of unbranched alkanes of at least 4 members (excludes halogenated alkanes) is 30. The van der Waals surface area contributed by atoms with E-state index in [4.69, 9.17) is 4.74 Å². The second-order valence-corrected chi connectivity index (χ2v) is 17.6. The van der Waals surface area contributed by atoms with Crippen LogP contribution in [-0.2, 0) is 14.3 Å². The van der Waals surface area contributed by atoms with E-state index in [0.29, 0.717) is 19.3 Å². The summed E-state index contributed by atoms with van der Waals surface area (Å²) >= 11 is 0. The summed E-state index contributed by atoms with van der Waals surface area (Å²) in [4.78, 5) is 26.0. The topological polar surface area (TPSA) is 95.9 Å². The highest BCUT2D eigenvalue weighted by Crippen LogP contribution is 2.17. The zero-order chi connectivity index (χ0) is 42.4. The van der Waals surface area contributed by atoms with Gasteiger partial charge in [-0.3, -0.25) is 9.59 Å². The molecule has 0 spiro atoms. The fourth-order valence-electron chi connectivity index (χ4n) is 7.82. The standard InChI is InChI=1S/C52H99NO5/c1-4-7-10-13-16-19-22-24-25-26-27-30-32-35-38-41-44-50(55)49(47-54)53-51(56)46-48(43-40-37-34-31-29-23-20-17-14-11-8-5-2)58-52(57)45-42-39-36-33-28-21-18-15-12-9-6-3/h15,18,31,34,48-50,54-55H,4-14,16-17,19-30,32-33,35-47H2,1-3H3,(H,53,56)/b18-15-,34-31-. The maximum atomic E-state index is 13.2. The number of carbonyl (C=O) groups is 2. The average molecular weight is 818 g/mol. The normalized spacial score (nSPS) is 13.4. The Morgan fingerprint density at radius 3 is 1.31 bits per heavy atom. The monoisotopic (exact) mass is 818 g/mol. The number of rotatable bonds is 46. The number of allylic oxidation sites excluding steroid dienone is 4. The summed E-state index contributed by atoms with van der Waals surface area (Å²) in [5, 5.41) is 23.8. The lowest BCUT2D eigenvalue weighted by Crippen LogP contribution is -2.46. The van der Waals surface area contributed by atoms with Gasteiger partial charge in [0.1, 0.15) is 6.10 Å². The van der Waals surface area contributed by atoms with Gasteiger partial charge >= 0.3 is 5.97 Å². The van der Waals surface area contributed by atoms with Gasteiger partial charge < -0.3 is 20.3 Å². The van der Waals surface area contributed by atoms with Gasteiger partial charge in [-0.15, -0.1) is 0 Å². The minimum atomic E-state index is -0.792. The zero-order valence-corrected chi connectivity index (χ0v) is 38.9. The first-order valence-corrected chi connectivity index (χ1v) is 25.6. The van der Waals surface area contributed by atoms with Crippen molar-refractivity contribution in [1.82, 2.24) is 5.32 Å². The Morgan fingerprint density at radius 1 is 0.483 bits per heavy atom. The number of amides is 1. The molecule has 0 fully saturated rings. The van der Waals surface area contributed by atoms with E-state index in [-0.39, 0.29) is 24.9 Å². The molecule has 0 aliphatic rings. The highest BCUT2D eigenvalue weighted by molar-refractivity contribution is 5.77. The third-order valence-electron chi connectivity index (χ3n) is 11.8. The number of hydrogen-bond acceptors (Lipinski definition) is 5. The highest BCUT2D eigenvalue weighted by atomic mass is 16.5. The Kier molecular flexibility index (Phi) is 45.1. The molecule has 0 bridgehead atoms. The van der Waals surface area contributed by atoms with E-state index in [2.05, 4.69) is 50.4 Å². The molecule has 6 nitrogen and oxygen atoms in total. The molecule has 6 heteroatoms. The number of nitrogens with one attached hydrogen (secondary N) is 1. The van der Waals surface area contributed by atoms with Crippen LogP contribution in [0.1, 0.15) is 271 Å². The van der Waals surface area contributed by atoms with Crippen molar-refractivity contribution in [2.75, 3.05) is 6.61 Å². The van der Waals surface area contributed by atoms with Crippen LogP contribution < -0.4 is 5.32 Å². The highest BCUT2D eigenvalue weighted by Gasteiger charge is 2.24. The Labute approximate surface area is 361 Å². The molecule has 0 aromatic rings. The SMILES string of the molecule is CCCC/C=C\CCCCCCCC(=O)OC(CCC/C=C\CCCCCCCCC)CC(=O)NC(CO)C(O)CCCCCCCCCCCCCCCCCC. The summed E-state index contributed by atoms with van der Waals surface area (Å²) < 4.78 is 5.89. The molecule has 0 saturated carbocycles. The molecule has 0 aromatic carbocycles. The van der Waals surface area contributed by atoms with Crippen LogP contribution in [0.4, 0.5) is 0 Å². The van der Waals surface area contributed by atoms with Gasteiger partial charge in [0, 0.05) is 6.42 Å². The smallest absolute Gasteiger partial charge is 0.306 e. The van der Waals surface area contributed by atoms with E-state index in [1.54, 1.807) is 0 Å². The number of esters is 1. The van der Waals surface area contributed by atoms with E-state index in [1.165, 1.54) is 167 Å². The van der Waals surface area contributed by atoms with Gasteiger partial charge in [0.2, 0.25) is 5.91 Å². The Hall–Kier alpha value is -1.66. The predicted octanol–water partition coefficient (Wildman–Crippen LogP) is 15.1. The Morgan fingerprint density at radius 2 is 0.862 bits per heavy atom. The van der Waals surface area contributed by atoms with Gasteiger partial charge in [0.25, 0.3) is 0 Å². The van der Waals surface area contributed by atoms with Crippen LogP contribution in [0.2, 0.25) is 0 Å². The fraction of sp³-hybridized carbons (Fsp3) is 0.885. The second-order valence-electron chi connectivity index (χ2n) is 17.6. The largest absolute Gasteiger partial charge is 0.462 e.